The van der Waals surface area contributed by atoms with Gasteiger partial charge in [0.2, 0.25) is 0 Å². The standard InChI is InChI=1S/C12H11N5OS/c1-7-10(3-13)15-6-11(17-7)12(18)16-5-9-4-14-8(2)19-9/h4,6H,5H2,1-2H3,(H,16,18). The summed E-state index contributed by atoms with van der Waals surface area (Å²) in [5.41, 5.74) is 0.885. The Morgan fingerprint density at radius 3 is 2.79 bits per heavy atom. The van der Waals surface area contributed by atoms with E-state index in [9.17, 15) is 4.79 Å². The van der Waals surface area contributed by atoms with Crippen LogP contribution in [-0.4, -0.2) is 20.9 Å². The Kier molecular flexibility index (Phi) is 3.82. The van der Waals surface area contributed by atoms with Gasteiger partial charge in [0.1, 0.15) is 11.8 Å². The summed E-state index contributed by atoms with van der Waals surface area (Å²) in [5, 5.41) is 12.4. The molecule has 0 unspecified atom stereocenters. The molecule has 2 rings (SSSR count). The average Bonchev–Trinajstić information content (AvgIpc) is 2.81. The van der Waals surface area contributed by atoms with Gasteiger partial charge in [0.25, 0.3) is 5.91 Å². The summed E-state index contributed by atoms with van der Waals surface area (Å²) in [4.78, 5) is 24.9. The lowest BCUT2D eigenvalue weighted by Crippen LogP contribution is -2.24. The topological polar surface area (TPSA) is 91.6 Å². The second kappa shape index (κ2) is 5.54. The van der Waals surface area contributed by atoms with Crippen LogP contribution in [0.3, 0.4) is 0 Å². The highest BCUT2D eigenvalue weighted by Gasteiger charge is 2.10. The number of nitrogens with one attached hydrogen (secondary N) is 1. The maximum absolute atomic E-state index is 11.9. The Morgan fingerprint density at radius 2 is 2.21 bits per heavy atom. The maximum Gasteiger partial charge on any atom is 0.271 e. The second-order valence-electron chi connectivity index (χ2n) is 3.83. The first-order valence-corrected chi connectivity index (χ1v) is 6.35. The SMILES string of the molecule is Cc1ncc(CNC(=O)c2cnc(C#N)c(C)n2)s1. The first-order valence-electron chi connectivity index (χ1n) is 5.53. The van der Waals surface area contributed by atoms with Gasteiger partial charge < -0.3 is 5.32 Å². The van der Waals surface area contributed by atoms with Crippen molar-refractivity contribution in [1.82, 2.24) is 20.3 Å². The molecule has 1 N–H and O–H groups in total. The number of nitriles is 1. The first kappa shape index (κ1) is 13.1. The lowest BCUT2D eigenvalue weighted by molar-refractivity contribution is 0.0945. The van der Waals surface area contributed by atoms with Gasteiger partial charge >= 0.3 is 0 Å². The number of aryl methyl sites for hydroxylation is 2. The van der Waals surface area contributed by atoms with Crippen LogP contribution in [0.2, 0.25) is 0 Å². The van der Waals surface area contributed by atoms with Crippen molar-refractivity contribution in [3.05, 3.63) is 39.4 Å². The fourth-order valence-electron chi connectivity index (χ4n) is 1.45. The minimum absolute atomic E-state index is 0.206. The Bertz CT molecular complexity index is 658. The van der Waals surface area contributed by atoms with Gasteiger partial charge in [-0.15, -0.1) is 11.3 Å². The third-order valence-corrected chi connectivity index (χ3v) is 3.29. The molecular formula is C12H11N5OS. The van der Waals surface area contributed by atoms with Crippen molar-refractivity contribution < 1.29 is 4.79 Å². The van der Waals surface area contributed by atoms with E-state index in [0.717, 1.165) is 9.88 Å². The molecule has 0 radical (unpaired) electrons. The van der Waals surface area contributed by atoms with E-state index < -0.39 is 0 Å². The number of rotatable bonds is 3. The van der Waals surface area contributed by atoms with E-state index in [2.05, 4.69) is 20.3 Å². The van der Waals surface area contributed by atoms with E-state index in [1.165, 1.54) is 17.5 Å². The minimum atomic E-state index is -0.314. The monoisotopic (exact) mass is 273 g/mol. The number of carbonyl (C=O) groups excluding carboxylic acids is 1. The van der Waals surface area contributed by atoms with Crippen LogP contribution in [0.5, 0.6) is 0 Å². The van der Waals surface area contributed by atoms with Crippen LogP contribution < -0.4 is 5.32 Å². The predicted molar refractivity (Wildman–Crippen MR) is 69.5 cm³/mol. The van der Waals surface area contributed by atoms with Gasteiger partial charge in [-0.2, -0.15) is 5.26 Å². The molecule has 0 saturated heterocycles. The van der Waals surface area contributed by atoms with Gasteiger partial charge in [0, 0.05) is 11.1 Å². The molecule has 0 saturated carbocycles. The third-order valence-electron chi connectivity index (χ3n) is 2.38. The maximum atomic E-state index is 11.9. The van der Waals surface area contributed by atoms with E-state index in [-0.39, 0.29) is 17.3 Å². The second-order valence-corrected chi connectivity index (χ2v) is 5.15. The summed E-state index contributed by atoms with van der Waals surface area (Å²) in [6, 6.07) is 1.91. The Labute approximate surface area is 114 Å². The normalized spacial score (nSPS) is 9.95. The zero-order chi connectivity index (χ0) is 13.8. The molecular weight excluding hydrogens is 262 g/mol. The fourth-order valence-corrected chi connectivity index (χ4v) is 2.18. The molecule has 6 nitrogen and oxygen atoms in total. The molecule has 0 aliphatic rings. The van der Waals surface area contributed by atoms with Crippen molar-refractivity contribution in [3.63, 3.8) is 0 Å². The quantitative estimate of drug-likeness (QED) is 0.911. The van der Waals surface area contributed by atoms with Crippen LogP contribution in [0.25, 0.3) is 0 Å². The van der Waals surface area contributed by atoms with Crippen molar-refractivity contribution in [2.24, 2.45) is 0 Å². The molecule has 0 aromatic carbocycles. The fraction of sp³-hybridized carbons (Fsp3) is 0.250. The Balaban J connectivity index is 2.04. The number of aromatic nitrogens is 3. The Morgan fingerprint density at radius 1 is 1.42 bits per heavy atom. The van der Waals surface area contributed by atoms with Gasteiger partial charge in [0.05, 0.1) is 23.4 Å². The first-order chi connectivity index (χ1) is 9.10. The van der Waals surface area contributed by atoms with Crippen LogP contribution in [0.1, 0.15) is 31.8 Å². The molecule has 0 spiro atoms. The van der Waals surface area contributed by atoms with Crippen LogP contribution in [0, 0.1) is 25.2 Å². The van der Waals surface area contributed by atoms with E-state index >= 15 is 0 Å². The molecule has 2 heterocycles. The number of nitrogens with zero attached hydrogens (tertiary/aromatic N) is 4. The average molecular weight is 273 g/mol. The smallest absolute Gasteiger partial charge is 0.271 e. The van der Waals surface area contributed by atoms with Crippen molar-refractivity contribution in [2.45, 2.75) is 20.4 Å². The van der Waals surface area contributed by atoms with Gasteiger partial charge in [-0.25, -0.2) is 15.0 Å². The summed E-state index contributed by atoms with van der Waals surface area (Å²) in [5.74, 6) is -0.314. The molecule has 0 aliphatic heterocycles. The summed E-state index contributed by atoms with van der Waals surface area (Å²) in [6.07, 6.45) is 3.04. The van der Waals surface area contributed by atoms with Gasteiger partial charge in [0.15, 0.2) is 5.69 Å². The molecule has 0 bridgehead atoms. The molecule has 19 heavy (non-hydrogen) atoms. The number of hydrogen-bond donors (Lipinski definition) is 1. The third kappa shape index (κ3) is 3.11. The van der Waals surface area contributed by atoms with Crippen molar-refractivity contribution in [3.8, 4) is 6.07 Å². The molecule has 0 atom stereocenters. The van der Waals surface area contributed by atoms with Crippen molar-refractivity contribution in [1.29, 1.82) is 5.26 Å². The molecule has 0 aliphatic carbocycles. The highest BCUT2D eigenvalue weighted by atomic mass is 32.1. The number of amides is 1. The van der Waals surface area contributed by atoms with E-state index in [1.54, 1.807) is 13.1 Å². The van der Waals surface area contributed by atoms with Crippen LogP contribution in [0.15, 0.2) is 12.4 Å². The summed E-state index contributed by atoms with van der Waals surface area (Å²) in [6.45, 7) is 3.96. The Hall–Kier alpha value is -2.33. The highest BCUT2D eigenvalue weighted by molar-refractivity contribution is 7.11. The van der Waals surface area contributed by atoms with E-state index in [1.807, 2.05) is 13.0 Å². The summed E-state index contributed by atoms with van der Waals surface area (Å²) in [7, 11) is 0. The molecule has 96 valence electrons. The number of carbonyl (C=O) groups is 1. The molecule has 1 amide bonds. The molecule has 0 fully saturated rings. The summed E-state index contributed by atoms with van der Waals surface area (Å²) >= 11 is 1.53. The zero-order valence-electron chi connectivity index (χ0n) is 10.5. The molecule has 2 aromatic heterocycles. The molecule has 7 heteroatoms. The van der Waals surface area contributed by atoms with Gasteiger partial charge in [-0.3, -0.25) is 4.79 Å². The van der Waals surface area contributed by atoms with Crippen LogP contribution in [0.4, 0.5) is 0 Å². The van der Waals surface area contributed by atoms with E-state index in [0.29, 0.717) is 12.2 Å². The number of thiazole rings is 1. The van der Waals surface area contributed by atoms with Crippen LogP contribution in [-0.2, 0) is 6.54 Å². The molecule has 2 aromatic rings. The van der Waals surface area contributed by atoms with Crippen molar-refractivity contribution in [2.75, 3.05) is 0 Å². The van der Waals surface area contributed by atoms with Crippen molar-refractivity contribution >= 4 is 17.2 Å². The highest BCUT2D eigenvalue weighted by Crippen LogP contribution is 2.11. The lowest BCUT2D eigenvalue weighted by atomic mass is 10.3. The largest absolute Gasteiger partial charge is 0.346 e. The predicted octanol–water partition coefficient (Wildman–Crippen LogP) is 1.35. The lowest BCUT2D eigenvalue weighted by Gasteiger charge is -2.03. The minimum Gasteiger partial charge on any atom is -0.346 e. The van der Waals surface area contributed by atoms with Crippen LogP contribution >= 0.6 is 11.3 Å². The summed E-state index contributed by atoms with van der Waals surface area (Å²) < 4.78 is 0. The van der Waals surface area contributed by atoms with E-state index in [4.69, 9.17) is 5.26 Å². The van der Waals surface area contributed by atoms with Gasteiger partial charge in [-0.05, 0) is 13.8 Å². The zero-order valence-corrected chi connectivity index (χ0v) is 11.3. The number of hydrogen-bond acceptors (Lipinski definition) is 6. The van der Waals surface area contributed by atoms with Gasteiger partial charge in [-0.1, -0.05) is 0 Å².